The summed E-state index contributed by atoms with van der Waals surface area (Å²) in [5.41, 5.74) is 17.9. The standard InChI is InChI=1S/C9H7BrN2O.C9H5BrO2S.C5H10N2.C4H9NO/c1-5(13)9-11-7-3-2-6(10)4-8(7)12-9;10-6-2-1-5-3-8(9(11)12)13-7(5)4-6;1-2-3-5(7)4-6;5-4-1-2-6-3-4/h2-4H,1H3,(H,11,12);1-4H,(H,11,12);2-4H,6-7H2,1H3;4H,1-3,5H2/b;;3-2-,5-4+;. The summed E-state index contributed by atoms with van der Waals surface area (Å²) < 4.78 is 7.87. The number of allylic oxidation sites excluding steroid dienone is 2. The second kappa shape index (κ2) is 16.2. The molecule has 1 unspecified atom stereocenters. The maximum atomic E-state index is 11.0. The quantitative estimate of drug-likeness (QED) is 0.131. The van der Waals surface area contributed by atoms with Gasteiger partial charge in [0.05, 0.1) is 17.6 Å². The van der Waals surface area contributed by atoms with Crippen LogP contribution in [0.25, 0.3) is 21.1 Å². The summed E-state index contributed by atoms with van der Waals surface area (Å²) in [5.74, 6) is -0.502. The lowest BCUT2D eigenvalue weighted by Crippen LogP contribution is -2.18. The molecule has 208 valence electrons. The molecule has 0 amide bonds. The summed E-state index contributed by atoms with van der Waals surface area (Å²) >= 11 is 7.97. The fraction of sp³-hybridized carbons (Fsp3) is 0.222. The topological polar surface area (TPSA) is 170 Å². The van der Waals surface area contributed by atoms with Gasteiger partial charge in [0, 0.05) is 45.1 Å². The third kappa shape index (κ3) is 10.9. The molecule has 2 aromatic heterocycles. The largest absolute Gasteiger partial charge is 0.477 e. The van der Waals surface area contributed by atoms with Crippen LogP contribution in [0.3, 0.4) is 0 Å². The number of hydrogen-bond donors (Lipinski definition) is 5. The number of aromatic carboxylic acids is 1. The number of carboxylic acids is 1. The highest BCUT2D eigenvalue weighted by Crippen LogP contribution is 2.28. The van der Waals surface area contributed by atoms with Crippen molar-refractivity contribution in [2.45, 2.75) is 26.3 Å². The minimum absolute atomic E-state index is 0.0488. The zero-order valence-electron chi connectivity index (χ0n) is 21.5. The molecule has 1 fully saturated rings. The number of imidazole rings is 1. The average molecular weight is 681 g/mol. The fourth-order valence-electron chi connectivity index (χ4n) is 3.06. The van der Waals surface area contributed by atoms with Gasteiger partial charge in [-0.25, -0.2) is 9.78 Å². The highest BCUT2D eigenvalue weighted by Gasteiger charge is 2.09. The minimum atomic E-state index is -0.864. The summed E-state index contributed by atoms with van der Waals surface area (Å²) in [7, 11) is 0. The number of nitrogens with two attached hydrogens (primary N) is 3. The van der Waals surface area contributed by atoms with Crippen molar-refractivity contribution in [2.24, 2.45) is 17.2 Å². The third-order valence-corrected chi connectivity index (χ3v) is 7.06. The van der Waals surface area contributed by atoms with E-state index in [4.69, 9.17) is 27.0 Å². The van der Waals surface area contributed by atoms with Crippen molar-refractivity contribution in [1.82, 2.24) is 9.97 Å². The molecule has 4 aromatic rings. The van der Waals surface area contributed by atoms with E-state index in [0.717, 1.165) is 49.7 Å². The normalized spacial score (nSPS) is 14.7. The number of benzene rings is 2. The Bertz CT molecular complexity index is 1370. The predicted octanol–water partition coefficient (Wildman–Crippen LogP) is 5.95. The zero-order valence-corrected chi connectivity index (χ0v) is 25.5. The molecule has 0 radical (unpaired) electrons. The van der Waals surface area contributed by atoms with Crippen LogP contribution >= 0.6 is 43.2 Å². The molecule has 1 aliphatic rings. The lowest BCUT2D eigenvalue weighted by Gasteiger charge is -1.90. The molecule has 5 rings (SSSR count). The number of ether oxygens (including phenoxy) is 1. The van der Waals surface area contributed by atoms with E-state index in [-0.39, 0.29) is 5.78 Å². The van der Waals surface area contributed by atoms with E-state index in [1.165, 1.54) is 24.5 Å². The lowest BCUT2D eigenvalue weighted by atomic mass is 10.2. The summed E-state index contributed by atoms with van der Waals surface area (Å²) in [6, 6.07) is 13.4. The Balaban J connectivity index is 0.000000193. The van der Waals surface area contributed by atoms with E-state index in [1.54, 1.807) is 12.1 Å². The second-order valence-corrected chi connectivity index (χ2v) is 11.1. The summed E-state index contributed by atoms with van der Waals surface area (Å²) in [6.45, 7) is 5.00. The van der Waals surface area contributed by atoms with Crippen LogP contribution in [0.2, 0.25) is 0 Å². The Morgan fingerprint density at radius 2 is 1.87 bits per heavy atom. The van der Waals surface area contributed by atoms with E-state index < -0.39 is 5.97 Å². The highest BCUT2D eigenvalue weighted by molar-refractivity contribution is 9.10. The number of Topliss-reactive ketones (excluding diaryl/α,β-unsaturated/α-hetero) is 1. The zero-order chi connectivity index (χ0) is 28.9. The van der Waals surface area contributed by atoms with Crippen LogP contribution in [0, 0.1) is 0 Å². The van der Waals surface area contributed by atoms with Gasteiger partial charge in [0.15, 0.2) is 11.6 Å². The molecule has 1 aliphatic heterocycles. The van der Waals surface area contributed by atoms with Gasteiger partial charge in [0.2, 0.25) is 0 Å². The highest BCUT2D eigenvalue weighted by atomic mass is 79.9. The average Bonchev–Trinajstić information content (AvgIpc) is 3.64. The Morgan fingerprint density at radius 1 is 1.18 bits per heavy atom. The van der Waals surface area contributed by atoms with Crippen molar-refractivity contribution in [3.05, 3.63) is 86.2 Å². The van der Waals surface area contributed by atoms with Crippen LogP contribution in [0.1, 0.15) is 40.6 Å². The van der Waals surface area contributed by atoms with Gasteiger partial charge in [0.1, 0.15) is 4.88 Å². The van der Waals surface area contributed by atoms with Crippen molar-refractivity contribution < 1.29 is 19.4 Å². The van der Waals surface area contributed by atoms with Crippen LogP contribution in [-0.2, 0) is 4.74 Å². The van der Waals surface area contributed by atoms with Crippen LogP contribution in [0.15, 0.2) is 75.5 Å². The molecule has 8 N–H and O–H groups in total. The first-order valence-electron chi connectivity index (χ1n) is 11.8. The first-order chi connectivity index (χ1) is 18.5. The number of H-pyrrole nitrogens is 1. The number of halogens is 2. The molecule has 1 saturated heterocycles. The van der Waals surface area contributed by atoms with Crippen molar-refractivity contribution in [2.75, 3.05) is 13.2 Å². The maximum absolute atomic E-state index is 11.0. The number of ketones is 1. The monoisotopic (exact) mass is 679 g/mol. The first-order valence-corrected chi connectivity index (χ1v) is 14.2. The Kier molecular flexibility index (Phi) is 13.3. The molecule has 0 saturated carbocycles. The molecule has 1 atom stereocenters. The van der Waals surface area contributed by atoms with Crippen molar-refractivity contribution in [3.8, 4) is 0 Å². The SMILES string of the molecule is C/C=C\C(N)=C/N.CC(=O)c1nc2ccc(Br)cc2[nH]1.NC1CCOC1.O=C(O)c1cc2ccc(Br)cc2s1. The van der Waals surface area contributed by atoms with Gasteiger partial charge in [-0.05, 0) is 61.2 Å². The number of nitrogens with zero attached hydrogens (tertiary/aromatic N) is 1. The Morgan fingerprint density at radius 3 is 2.38 bits per heavy atom. The van der Waals surface area contributed by atoms with Gasteiger partial charge in [-0.2, -0.15) is 0 Å². The molecule has 3 heterocycles. The van der Waals surface area contributed by atoms with Crippen LogP contribution in [0.5, 0.6) is 0 Å². The number of fused-ring (bicyclic) bond motifs is 2. The number of hydrogen-bond acceptors (Lipinski definition) is 8. The molecular weight excluding hydrogens is 650 g/mol. The van der Waals surface area contributed by atoms with Crippen LogP contribution in [-0.4, -0.2) is 46.1 Å². The Labute approximate surface area is 247 Å². The molecule has 0 spiro atoms. The van der Waals surface area contributed by atoms with Gasteiger partial charge in [-0.3, -0.25) is 4.79 Å². The molecule has 9 nitrogen and oxygen atoms in total. The van der Waals surface area contributed by atoms with Crippen molar-refractivity contribution in [1.29, 1.82) is 0 Å². The van der Waals surface area contributed by atoms with Gasteiger partial charge in [-0.15, -0.1) is 11.3 Å². The number of rotatable bonds is 3. The third-order valence-electron chi connectivity index (χ3n) is 4.99. The number of thiophene rings is 1. The number of nitrogens with one attached hydrogen (secondary N) is 1. The number of carboxylic acid groups (broad SMARTS) is 1. The molecular formula is C27H31Br2N5O4S. The Hall–Kier alpha value is -3.03. The molecule has 39 heavy (non-hydrogen) atoms. The van der Waals surface area contributed by atoms with Crippen LogP contribution in [0.4, 0.5) is 0 Å². The molecule has 0 bridgehead atoms. The number of carbonyl (C=O) groups is 2. The predicted molar refractivity (Wildman–Crippen MR) is 165 cm³/mol. The summed E-state index contributed by atoms with van der Waals surface area (Å²) in [6.07, 6.45) is 5.97. The first kappa shape index (κ1) is 32.2. The smallest absolute Gasteiger partial charge is 0.345 e. The number of aromatic nitrogens is 2. The number of carbonyl (C=O) groups excluding carboxylic acids is 1. The van der Waals surface area contributed by atoms with E-state index >= 15 is 0 Å². The maximum Gasteiger partial charge on any atom is 0.345 e. The van der Waals surface area contributed by atoms with Crippen LogP contribution < -0.4 is 17.2 Å². The van der Waals surface area contributed by atoms with E-state index in [1.807, 2.05) is 49.4 Å². The molecule has 12 heteroatoms. The minimum Gasteiger partial charge on any atom is -0.477 e. The van der Waals surface area contributed by atoms with E-state index in [9.17, 15) is 9.59 Å². The van der Waals surface area contributed by atoms with E-state index in [0.29, 0.717) is 22.4 Å². The van der Waals surface area contributed by atoms with Crippen molar-refractivity contribution in [3.63, 3.8) is 0 Å². The van der Waals surface area contributed by atoms with Gasteiger partial charge >= 0.3 is 5.97 Å². The van der Waals surface area contributed by atoms with Gasteiger partial charge in [0.25, 0.3) is 0 Å². The fourth-order valence-corrected chi connectivity index (χ4v) is 4.87. The summed E-state index contributed by atoms with van der Waals surface area (Å²) in [4.78, 5) is 29.1. The van der Waals surface area contributed by atoms with E-state index in [2.05, 4.69) is 41.8 Å². The second-order valence-electron chi connectivity index (χ2n) is 8.19. The van der Waals surface area contributed by atoms with Gasteiger partial charge in [-0.1, -0.05) is 44.0 Å². The lowest BCUT2D eigenvalue weighted by molar-refractivity contribution is 0.0702. The molecule has 2 aromatic carbocycles. The van der Waals surface area contributed by atoms with Crippen molar-refractivity contribution >= 4 is 76.1 Å². The number of aromatic amines is 1. The summed E-state index contributed by atoms with van der Waals surface area (Å²) in [5, 5.41) is 9.73. The molecule has 0 aliphatic carbocycles. The van der Waals surface area contributed by atoms with Gasteiger partial charge < -0.3 is 32.0 Å².